The first-order valence-corrected chi connectivity index (χ1v) is 9.25. The normalized spacial score (nSPS) is 23.4. The van der Waals surface area contributed by atoms with E-state index in [-0.39, 0.29) is 11.3 Å². The molecule has 0 aliphatic carbocycles. The molecule has 0 aromatic heterocycles. The first kappa shape index (κ1) is 15.5. The molecule has 1 heterocycles. The van der Waals surface area contributed by atoms with E-state index in [2.05, 4.69) is 36.5 Å². The second kappa shape index (κ2) is 6.72. The van der Waals surface area contributed by atoms with E-state index in [1.165, 1.54) is 11.1 Å². The van der Waals surface area contributed by atoms with Gasteiger partial charge in [-0.15, -0.1) is 0 Å². The highest BCUT2D eigenvalue weighted by atomic mass is 32.2. The van der Waals surface area contributed by atoms with Crippen LogP contribution in [0.3, 0.4) is 0 Å². The number of benzene rings is 1. The lowest BCUT2D eigenvalue weighted by Crippen LogP contribution is -2.47. The molecule has 3 nitrogen and oxygen atoms in total. The topological polar surface area (TPSA) is 46.2 Å². The summed E-state index contributed by atoms with van der Waals surface area (Å²) in [5, 5.41) is 3.17. The van der Waals surface area contributed by atoms with Gasteiger partial charge in [0.25, 0.3) is 0 Å². The van der Waals surface area contributed by atoms with Gasteiger partial charge < -0.3 is 5.32 Å². The van der Waals surface area contributed by atoms with Crippen molar-refractivity contribution in [2.24, 2.45) is 0 Å². The molecule has 112 valence electrons. The predicted octanol–water partition coefficient (Wildman–Crippen LogP) is 2.48. The third-order valence-corrected chi connectivity index (χ3v) is 6.46. The molecule has 1 fully saturated rings. The van der Waals surface area contributed by atoms with Crippen LogP contribution in [0, 0.1) is 6.92 Å². The first-order valence-electron chi connectivity index (χ1n) is 7.53. The van der Waals surface area contributed by atoms with Gasteiger partial charge in [-0.1, -0.05) is 43.2 Å². The molecular formula is C16H25NO2S. The van der Waals surface area contributed by atoms with Gasteiger partial charge in [-0.25, -0.2) is 8.42 Å². The van der Waals surface area contributed by atoms with E-state index in [0.29, 0.717) is 5.75 Å². The fourth-order valence-corrected chi connectivity index (χ4v) is 5.13. The maximum absolute atomic E-state index is 12.3. The molecule has 1 N–H and O–H groups in total. The number of rotatable bonds is 5. The van der Waals surface area contributed by atoms with Crippen LogP contribution in [0.15, 0.2) is 24.3 Å². The van der Waals surface area contributed by atoms with E-state index >= 15 is 0 Å². The van der Waals surface area contributed by atoms with Crippen molar-refractivity contribution in [3.8, 4) is 0 Å². The van der Waals surface area contributed by atoms with E-state index < -0.39 is 9.84 Å². The van der Waals surface area contributed by atoms with Crippen LogP contribution in [0.2, 0.25) is 0 Å². The molecule has 1 aliphatic heterocycles. The van der Waals surface area contributed by atoms with Crippen molar-refractivity contribution in [3.05, 3.63) is 35.4 Å². The molecule has 1 saturated heterocycles. The number of aryl methyl sites for hydroxylation is 1. The highest BCUT2D eigenvalue weighted by Crippen LogP contribution is 2.24. The minimum atomic E-state index is -2.94. The van der Waals surface area contributed by atoms with Crippen LogP contribution >= 0.6 is 0 Å². The van der Waals surface area contributed by atoms with Gasteiger partial charge in [0.2, 0.25) is 0 Å². The number of sulfone groups is 1. The quantitative estimate of drug-likeness (QED) is 0.908. The molecular weight excluding hydrogens is 270 g/mol. The molecule has 2 unspecified atom stereocenters. The van der Waals surface area contributed by atoms with E-state index in [1.54, 1.807) is 0 Å². The molecule has 0 radical (unpaired) electrons. The third kappa shape index (κ3) is 3.83. The van der Waals surface area contributed by atoms with Gasteiger partial charge in [0.05, 0.1) is 11.0 Å². The lowest BCUT2D eigenvalue weighted by molar-refractivity contribution is 0.441. The summed E-state index contributed by atoms with van der Waals surface area (Å²) in [4.78, 5) is 0. The van der Waals surface area contributed by atoms with Crippen LogP contribution < -0.4 is 5.32 Å². The zero-order valence-electron chi connectivity index (χ0n) is 12.4. The van der Waals surface area contributed by atoms with Gasteiger partial charge >= 0.3 is 0 Å². The van der Waals surface area contributed by atoms with E-state index in [0.717, 1.165) is 32.2 Å². The van der Waals surface area contributed by atoms with E-state index in [1.807, 2.05) is 6.92 Å². The van der Waals surface area contributed by atoms with E-state index in [4.69, 9.17) is 0 Å². The summed E-state index contributed by atoms with van der Waals surface area (Å²) >= 11 is 0. The molecule has 4 heteroatoms. The molecule has 20 heavy (non-hydrogen) atoms. The van der Waals surface area contributed by atoms with Crippen molar-refractivity contribution in [1.29, 1.82) is 0 Å². The van der Waals surface area contributed by atoms with Crippen LogP contribution in [0.25, 0.3) is 0 Å². The minimum Gasteiger partial charge on any atom is -0.313 e. The Hall–Kier alpha value is -0.870. The van der Waals surface area contributed by atoms with Crippen molar-refractivity contribution in [2.75, 3.05) is 12.3 Å². The zero-order valence-corrected chi connectivity index (χ0v) is 13.2. The molecule has 0 bridgehead atoms. The first-order chi connectivity index (χ1) is 9.53. The Kier molecular flexibility index (Phi) is 5.22. The Morgan fingerprint density at radius 2 is 1.95 bits per heavy atom. The number of likely N-dealkylation sites (N-methyl/N-ethyl adjacent to an activating group) is 1. The van der Waals surface area contributed by atoms with Gasteiger partial charge in [-0.05, 0) is 38.3 Å². The lowest BCUT2D eigenvalue weighted by atomic mass is 9.99. The summed E-state index contributed by atoms with van der Waals surface area (Å²) in [5.74, 6) is 0.355. The predicted molar refractivity (Wildman–Crippen MR) is 83.8 cm³/mol. The van der Waals surface area contributed by atoms with Crippen LogP contribution in [-0.2, 0) is 16.3 Å². The lowest BCUT2D eigenvalue weighted by Gasteiger charge is -2.30. The van der Waals surface area contributed by atoms with Crippen molar-refractivity contribution in [3.63, 3.8) is 0 Å². The number of nitrogens with one attached hydrogen (secondary N) is 1. The Balaban J connectivity index is 2.15. The Morgan fingerprint density at radius 1 is 1.25 bits per heavy atom. The molecule has 2 rings (SSSR count). The van der Waals surface area contributed by atoms with Crippen molar-refractivity contribution in [2.45, 2.75) is 50.8 Å². The summed E-state index contributed by atoms with van der Waals surface area (Å²) in [5.41, 5.74) is 2.45. The molecule has 0 saturated carbocycles. The van der Waals surface area contributed by atoms with Crippen LogP contribution in [-0.4, -0.2) is 32.0 Å². The third-order valence-electron chi connectivity index (χ3n) is 4.12. The average molecular weight is 295 g/mol. The summed E-state index contributed by atoms with van der Waals surface area (Å²) < 4.78 is 24.6. The summed E-state index contributed by atoms with van der Waals surface area (Å²) in [6.45, 7) is 4.91. The molecule has 0 amide bonds. The maximum Gasteiger partial charge on any atom is 0.154 e. The van der Waals surface area contributed by atoms with Crippen molar-refractivity contribution >= 4 is 9.84 Å². The van der Waals surface area contributed by atoms with Gasteiger partial charge in [0.1, 0.15) is 0 Å². The van der Waals surface area contributed by atoms with E-state index in [9.17, 15) is 8.42 Å². The van der Waals surface area contributed by atoms with Crippen molar-refractivity contribution in [1.82, 2.24) is 5.32 Å². The standard InChI is InChI=1S/C16H25NO2S/c1-3-17-15(12-14-9-7-13(2)8-10-14)16-6-4-5-11-20(16,18)19/h7-10,15-17H,3-6,11-12H2,1-2H3. The van der Waals surface area contributed by atoms with Gasteiger partial charge in [0, 0.05) is 6.04 Å². The molecule has 0 spiro atoms. The van der Waals surface area contributed by atoms with Gasteiger partial charge in [0.15, 0.2) is 9.84 Å². The minimum absolute atomic E-state index is 0.0352. The fourth-order valence-electron chi connectivity index (χ4n) is 3.01. The Morgan fingerprint density at radius 3 is 2.55 bits per heavy atom. The second-order valence-electron chi connectivity index (χ2n) is 5.76. The zero-order chi connectivity index (χ0) is 14.6. The van der Waals surface area contributed by atoms with Crippen LogP contribution in [0.1, 0.15) is 37.3 Å². The van der Waals surface area contributed by atoms with Crippen molar-refractivity contribution < 1.29 is 8.42 Å². The SMILES string of the molecule is CCNC(Cc1ccc(C)cc1)C1CCCCS1(=O)=O. The summed E-state index contributed by atoms with van der Waals surface area (Å²) in [7, 11) is -2.94. The maximum atomic E-state index is 12.3. The highest BCUT2D eigenvalue weighted by Gasteiger charge is 2.35. The van der Waals surface area contributed by atoms with Crippen LogP contribution in [0.5, 0.6) is 0 Å². The second-order valence-corrected chi connectivity index (χ2v) is 8.09. The largest absolute Gasteiger partial charge is 0.313 e. The fraction of sp³-hybridized carbons (Fsp3) is 0.625. The highest BCUT2D eigenvalue weighted by molar-refractivity contribution is 7.92. The summed E-state index contributed by atoms with van der Waals surface area (Å²) in [6, 6.07) is 8.43. The van der Waals surface area contributed by atoms with Gasteiger partial charge in [-0.2, -0.15) is 0 Å². The monoisotopic (exact) mass is 295 g/mol. The molecule has 1 aromatic rings. The molecule has 1 aliphatic rings. The number of hydrogen-bond acceptors (Lipinski definition) is 3. The molecule has 2 atom stereocenters. The Bertz CT molecular complexity index is 522. The van der Waals surface area contributed by atoms with Crippen LogP contribution in [0.4, 0.5) is 0 Å². The summed E-state index contributed by atoms with van der Waals surface area (Å²) in [6.07, 6.45) is 3.44. The smallest absolute Gasteiger partial charge is 0.154 e. The van der Waals surface area contributed by atoms with Gasteiger partial charge in [-0.3, -0.25) is 0 Å². The number of hydrogen-bond donors (Lipinski definition) is 1. The molecule has 1 aromatic carbocycles. The Labute approximate surface area is 122 Å². The average Bonchev–Trinajstić information content (AvgIpc) is 2.40.